The number of nitrogens with one attached hydrogen (secondary N) is 1. The van der Waals surface area contributed by atoms with Crippen LogP contribution in [0, 0.1) is 10.1 Å². The second kappa shape index (κ2) is 7.55. The molecule has 1 aliphatic heterocycles. The van der Waals surface area contributed by atoms with Gasteiger partial charge in [0.2, 0.25) is 0 Å². The lowest BCUT2D eigenvalue weighted by molar-refractivity contribution is -0.384. The largest absolute Gasteiger partial charge is 0.351 e. The van der Waals surface area contributed by atoms with Gasteiger partial charge in [0.15, 0.2) is 0 Å². The van der Waals surface area contributed by atoms with E-state index in [1.165, 1.54) is 12.1 Å². The van der Waals surface area contributed by atoms with E-state index in [0.717, 1.165) is 12.0 Å². The lowest BCUT2D eigenvalue weighted by Gasteiger charge is -2.03. The van der Waals surface area contributed by atoms with Crippen molar-refractivity contribution in [3.63, 3.8) is 0 Å². The highest BCUT2D eigenvalue weighted by molar-refractivity contribution is 5.94. The van der Waals surface area contributed by atoms with Gasteiger partial charge in [-0.1, -0.05) is 12.1 Å². The molecule has 1 N–H and O–H groups in total. The first kappa shape index (κ1) is 18.5. The Balaban J connectivity index is 0.00000210. The Kier molecular flexibility index (Phi) is 5.18. The van der Waals surface area contributed by atoms with Gasteiger partial charge in [-0.25, -0.2) is 0 Å². The lowest BCUT2D eigenvalue weighted by Crippen LogP contribution is -2.22. The molecule has 138 valence electrons. The van der Waals surface area contributed by atoms with Gasteiger partial charge in [-0.3, -0.25) is 24.6 Å². The number of benzene rings is 1. The summed E-state index contributed by atoms with van der Waals surface area (Å²) < 4.78 is 1.71. The molecule has 0 saturated heterocycles. The highest BCUT2D eigenvalue weighted by Crippen LogP contribution is 2.27. The minimum absolute atomic E-state index is 0. The normalized spacial score (nSPS) is 13.1. The van der Waals surface area contributed by atoms with Gasteiger partial charge >= 0.3 is 0 Å². The van der Waals surface area contributed by atoms with E-state index >= 15 is 0 Å². The van der Waals surface area contributed by atoms with Gasteiger partial charge in [-0.05, 0) is 24.6 Å². The van der Waals surface area contributed by atoms with Crippen molar-refractivity contribution in [3.8, 4) is 22.5 Å². The minimum atomic E-state index is -0.432. The van der Waals surface area contributed by atoms with Crippen LogP contribution < -0.4 is 5.32 Å². The molecular weight excluding hydrogens is 370 g/mol. The van der Waals surface area contributed by atoms with Crippen molar-refractivity contribution in [1.29, 1.82) is 0 Å². The number of amides is 1. The number of aryl methyl sites for hydroxylation is 1. The monoisotopic (exact) mass is 385 g/mol. The number of hydrogen-bond acceptors (Lipinski definition) is 5. The number of rotatable bonds is 3. The number of halogens is 1. The van der Waals surface area contributed by atoms with Crippen molar-refractivity contribution in [3.05, 3.63) is 64.5 Å². The highest BCUT2D eigenvalue weighted by atomic mass is 35.5. The molecule has 27 heavy (non-hydrogen) atoms. The number of pyridine rings is 1. The van der Waals surface area contributed by atoms with Crippen molar-refractivity contribution in [2.75, 3.05) is 6.54 Å². The van der Waals surface area contributed by atoms with Crippen molar-refractivity contribution < 1.29 is 9.72 Å². The Labute approximate surface area is 160 Å². The van der Waals surface area contributed by atoms with E-state index in [9.17, 15) is 14.9 Å². The van der Waals surface area contributed by atoms with Crippen molar-refractivity contribution >= 4 is 24.0 Å². The maximum Gasteiger partial charge on any atom is 0.270 e. The van der Waals surface area contributed by atoms with E-state index in [2.05, 4.69) is 15.4 Å². The van der Waals surface area contributed by atoms with E-state index in [1.54, 1.807) is 35.1 Å². The van der Waals surface area contributed by atoms with Crippen LogP contribution in [0.25, 0.3) is 22.5 Å². The fourth-order valence-electron chi connectivity index (χ4n) is 2.96. The topological polar surface area (TPSA) is 103 Å². The summed E-state index contributed by atoms with van der Waals surface area (Å²) in [6, 6.07) is 11.7. The zero-order valence-electron chi connectivity index (χ0n) is 14.2. The molecule has 1 aromatic carbocycles. The molecule has 3 heterocycles. The lowest BCUT2D eigenvalue weighted by atomic mass is 10.1. The van der Waals surface area contributed by atoms with Gasteiger partial charge in [0.05, 0.1) is 16.3 Å². The molecule has 1 aliphatic rings. The van der Waals surface area contributed by atoms with Crippen LogP contribution >= 0.6 is 12.4 Å². The van der Waals surface area contributed by atoms with Crippen molar-refractivity contribution in [2.45, 2.75) is 13.0 Å². The molecule has 0 radical (unpaired) electrons. The maximum absolute atomic E-state index is 12.1. The van der Waals surface area contributed by atoms with Crippen LogP contribution in [0.15, 0.2) is 48.7 Å². The Bertz CT molecular complexity index is 1020. The third kappa shape index (κ3) is 3.65. The number of nitro groups is 1. The van der Waals surface area contributed by atoms with Crippen molar-refractivity contribution in [2.24, 2.45) is 0 Å². The summed E-state index contributed by atoms with van der Waals surface area (Å²) in [5, 5.41) is 18.4. The standard InChI is InChI=1S/C18H15N5O3.ClH/c24-18-17-11-16(21-22(17)8-2-6-20-18)13-5-7-19-15(10-13)12-3-1-4-14(9-12)23(25)26;/h1,3-5,7,9-11H,2,6,8H2,(H,20,24);1H. The first-order valence-electron chi connectivity index (χ1n) is 8.19. The van der Waals surface area contributed by atoms with Gasteiger partial charge in [-0.2, -0.15) is 5.10 Å². The predicted octanol–water partition coefficient (Wildman–Crippen LogP) is 3.08. The van der Waals surface area contributed by atoms with Crippen LogP contribution in [0.5, 0.6) is 0 Å². The Morgan fingerprint density at radius 2 is 1.93 bits per heavy atom. The molecule has 8 nitrogen and oxygen atoms in total. The van der Waals surface area contributed by atoms with Gasteiger partial charge in [0.25, 0.3) is 11.6 Å². The maximum atomic E-state index is 12.1. The highest BCUT2D eigenvalue weighted by Gasteiger charge is 2.19. The molecule has 0 bridgehead atoms. The van der Waals surface area contributed by atoms with Gasteiger partial charge in [0.1, 0.15) is 5.69 Å². The summed E-state index contributed by atoms with van der Waals surface area (Å²) in [6.07, 6.45) is 2.46. The summed E-state index contributed by atoms with van der Waals surface area (Å²) >= 11 is 0. The molecule has 9 heteroatoms. The number of carbonyl (C=O) groups is 1. The summed E-state index contributed by atoms with van der Waals surface area (Å²) in [4.78, 5) is 26.9. The molecule has 0 unspecified atom stereocenters. The van der Waals surface area contributed by atoms with E-state index in [-0.39, 0.29) is 24.0 Å². The van der Waals surface area contributed by atoms with Gasteiger partial charge in [0, 0.05) is 42.5 Å². The van der Waals surface area contributed by atoms with Crippen LogP contribution in [-0.2, 0) is 6.54 Å². The predicted molar refractivity (Wildman–Crippen MR) is 102 cm³/mol. The fraction of sp³-hybridized carbons (Fsp3) is 0.167. The smallest absolute Gasteiger partial charge is 0.270 e. The van der Waals surface area contributed by atoms with E-state index in [0.29, 0.717) is 35.7 Å². The van der Waals surface area contributed by atoms with Crippen LogP contribution in [0.2, 0.25) is 0 Å². The number of fused-ring (bicyclic) bond motifs is 1. The molecule has 0 saturated carbocycles. The van der Waals surface area contributed by atoms with E-state index in [4.69, 9.17) is 0 Å². The molecular formula is C18H16ClN5O3. The zero-order valence-corrected chi connectivity index (χ0v) is 15.0. The molecule has 2 aromatic heterocycles. The number of nitrogens with zero attached hydrogens (tertiary/aromatic N) is 4. The van der Waals surface area contributed by atoms with Gasteiger partial charge < -0.3 is 5.32 Å². The number of aromatic nitrogens is 3. The SMILES string of the molecule is Cl.O=C1NCCCn2nc(-c3ccnc(-c4cccc([N+](=O)[O-])c4)c3)cc21. The second-order valence-electron chi connectivity index (χ2n) is 5.98. The molecule has 1 amide bonds. The Hall–Kier alpha value is -3.26. The third-order valence-electron chi connectivity index (χ3n) is 4.25. The zero-order chi connectivity index (χ0) is 18.1. The van der Waals surface area contributed by atoms with Crippen LogP contribution in [-0.4, -0.2) is 32.1 Å². The summed E-state index contributed by atoms with van der Waals surface area (Å²) in [5.41, 5.74) is 3.28. The van der Waals surface area contributed by atoms with Crippen LogP contribution in [0.1, 0.15) is 16.9 Å². The molecule has 4 rings (SSSR count). The number of hydrogen-bond donors (Lipinski definition) is 1. The first-order valence-corrected chi connectivity index (χ1v) is 8.19. The Morgan fingerprint density at radius 3 is 2.74 bits per heavy atom. The molecule has 0 fully saturated rings. The van der Waals surface area contributed by atoms with Crippen molar-refractivity contribution in [1.82, 2.24) is 20.1 Å². The average molecular weight is 386 g/mol. The molecule has 0 aliphatic carbocycles. The average Bonchev–Trinajstić information content (AvgIpc) is 3.02. The van der Waals surface area contributed by atoms with Crippen LogP contribution in [0.3, 0.4) is 0 Å². The quantitative estimate of drug-likeness (QED) is 0.551. The summed E-state index contributed by atoms with van der Waals surface area (Å²) in [7, 11) is 0. The van der Waals surface area contributed by atoms with E-state index in [1.807, 2.05) is 6.07 Å². The second-order valence-corrected chi connectivity index (χ2v) is 5.98. The Morgan fingerprint density at radius 1 is 1.11 bits per heavy atom. The first-order chi connectivity index (χ1) is 12.6. The number of nitro benzene ring substituents is 1. The third-order valence-corrected chi connectivity index (χ3v) is 4.25. The summed E-state index contributed by atoms with van der Waals surface area (Å²) in [5.74, 6) is -0.130. The summed E-state index contributed by atoms with van der Waals surface area (Å²) in [6.45, 7) is 1.32. The number of non-ortho nitro benzene ring substituents is 1. The fourth-order valence-corrected chi connectivity index (χ4v) is 2.96. The molecule has 0 spiro atoms. The molecule has 3 aromatic rings. The minimum Gasteiger partial charge on any atom is -0.351 e. The molecule has 0 atom stereocenters. The number of carbonyl (C=O) groups excluding carboxylic acids is 1. The van der Waals surface area contributed by atoms with E-state index < -0.39 is 4.92 Å². The van der Waals surface area contributed by atoms with Crippen LogP contribution in [0.4, 0.5) is 5.69 Å². The van der Waals surface area contributed by atoms with Gasteiger partial charge in [-0.15, -0.1) is 12.4 Å².